The number of aromatic amines is 1. The molecule has 0 saturated carbocycles. The molecular weight excluding hydrogens is 457 g/mol. The predicted molar refractivity (Wildman–Crippen MR) is 142 cm³/mol. The first kappa shape index (κ1) is 22.8. The van der Waals surface area contributed by atoms with Crippen molar-refractivity contribution in [2.75, 3.05) is 19.5 Å². The molecule has 0 bridgehead atoms. The van der Waals surface area contributed by atoms with Gasteiger partial charge in [-0.3, -0.25) is 5.10 Å². The van der Waals surface area contributed by atoms with E-state index in [4.69, 9.17) is 9.47 Å². The van der Waals surface area contributed by atoms with Crippen LogP contribution < -0.4 is 25.4 Å². The minimum Gasteiger partial charge on any atom is -0.497 e. The smallest absolute Gasteiger partial charge is 0.168 e. The fraction of sp³-hybridized carbons (Fsp3) is 0.107. The first-order chi connectivity index (χ1) is 17.1. The largest absolute Gasteiger partial charge is 0.497 e. The highest BCUT2D eigenvalue weighted by atomic mass is 31.2. The minimum absolute atomic E-state index is 0.623. The third kappa shape index (κ3) is 4.29. The van der Waals surface area contributed by atoms with Crippen molar-refractivity contribution in [3.8, 4) is 11.5 Å². The first-order valence-electron chi connectivity index (χ1n) is 11.3. The summed E-state index contributed by atoms with van der Waals surface area (Å²) in [6.45, 7) is 0. The Kier molecular flexibility index (Phi) is 6.30. The molecule has 7 heteroatoms. The van der Waals surface area contributed by atoms with E-state index in [1.807, 2.05) is 97.1 Å². The van der Waals surface area contributed by atoms with E-state index in [1.165, 1.54) is 0 Å². The van der Waals surface area contributed by atoms with Crippen molar-refractivity contribution in [1.82, 2.24) is 10.2 Å². The highest BCUT2D eigenvalue weighted by Gasteiger charge is 2.39. The van der Waals surface area contributed by atoms with Gasteiger partial charge in [-0.1, -0.05) is 60.7 Å². The van der Waals surface area contributed by atoms with E-state index in [0.29, 0.717) is 11.5 Å². The van der Waals surface area contributed by atoms with E-state index in [-0.39, 0.29) is 0 Å². The zero-order valence-electron chi connectivity index (χ0n) is 19.5. The van der Waals surface area contributed by atoms with Crippen LogP contribution in [0.5, 0.6) is 11.5 Å². The Bertz CT molecular complexity index is 1440. The Hall–Kier alpha value is -4.02. The molecule has 2 N–H and O–H groups in total. The van der Waals surface area contributed by atoms with Crippen molar-refractivity contribution in [1.29, 1.82) is 0 Å². The monoisotopic (exact) mass is 483 g/mol. The second kappa shape index (κ2) is 9.69. The number of nitrogens with zero attached hydrogens (tertiary/aromatic N) is 1. The van der Waals surface area contributed by atoms with E-state index in [2.05, 4.69) is 15.5 Å². The summed E-state index contributed by atoms with van der Waals surface area (Å²) in [5.74, 6) is 0.639. The second-order valence-corrected chi connectivity index (χ2v) is 11.0. The lowest BCUT2D eigenvalue weighted by Gasteiger charge is -2.32. The molecule has 0 aliphatic carbocycles. The Morgan fingerprint density at radius 1 is 0.829 bits per heavy atom. The minimum atomic E-state index is -3.31. The van der Waals surface area contributed by atoms with Gasteiger partial charge in [-0.05, 0) is 36.4 Å². The summed E-state index contributed by atoms with van der Waals surface area (Å²) in [5, 5.41) is 13.2. The zero-order chi connectivity index (χ0) is 24.3. The number of benzene rings is 4. The number of aromatic nitrogens is 2. The van der Waals surface area contributed by atoms with E-state index in [1.54, 1.807) is 20.4 Å². The van der Waals surface area contributed by atoms with Gasteiger partial charge in [-0.15, -0.1) is 0 Å². The van der Waals surface area contributed by atoms with Gasteiger partial charge in [-0.2, -0.15) is 5.10 Å². The molecule has 0 fully saturated rings. The van der Waals surface area contributed by atoms with Crippen LogP contribution in [0.4, 0.5) is 5.69 Å². The van der Waals surface area contributed by atoms with Crippen LogP contribution in [0.1, 0.15) is 11.3 Å². The normalized spacial score (nSPS) is 12.3. The molecule has 0 saturated heterocycles. The zero-order valence-corrected chi connectivity index (χ0v) is 20.4. The van der Waals surface area contributed by atoms with E-state index >= 15 is 4.57 Å². The van der Waals surface area contributed by atoms with Crippen LogP contribution in [-0.2, 0) is 4.57 Å². The van der Waals surface area contributed by atoms with E-state index in [0.717, 1.165) is 32.8 Å². The van der Waals surface area contributed by atoms with Gasteiger partial charge < -0.3 is 19.4 Å². The van der Waals surface area contributed by atoms with Crippen LogP contribution in [0.15, 0.2) is 103 Å². The summed E-state index contributed by atoms with van der Waals surface area (Å²) in [5.41, 5.74) is 2.44. The summed E-state index contributed by atoms with van der Waals surface area (Å²) in [6, 6.07) is 30.7. The number of nitrogens with one attached hydrogen (secondary N) is 2. The fourth-order valence-electron chi connectivity index (χ4n) is 4.35. The van der Waals surface area contributed by atoms with Crippen molar-refractivity contribution in [3.63, 3.8) is 0 Å². The molecule has 0 aliphatic rings. The number of anilines is 1. The predicted octanol–water partition coefficient (Wildman–Crippen LogP) is 5.70. The van der Waals surface area contributed by atoms with Gasteiger partial charge in [0, 0.05) is 27.2 Å². The maximum atomic E-state index is 15.4. The SMILES string of the molecule is COc1ccc(OC)c([C@@H](Nc2ccc3cn[nH]c3c2)P(=O)(c2ccccc2)c2ccccc2)c1. The molecule has 5 aromatic rings. The van der Waals surface area contributed by atoms with E-state index < -0.39 is 12.9 Å². The maximum absolute atomic E-state index is 15.4. The lowest BCUT2D eigenvalue weighted by Crippen LogP contribution is -2.26. The highest BCUT2D eigenvalue weighted by molar-refractivity contribution is 7.79. The third-order valence-corrected chi connectivity index (χ3v) is 9.39. The number of H-pyrrole nitrogens is 1. The number of hydrogen-bond donors (Lipinski definition) is 2. The molecule has 176 valence electrons. The molecule has 0 amide bonds. The lowest BCUT2D eigenvalue weighted by atomic mass is 10.1. The fourth-order valence-corrected chi connectivity index (χ4v) is 7.40. The van der Waals surface area contributed by atoms with Crippen LogP contribution in [0, 0.1) is 0 Å². The van der Waals surface area contributed by atoms with Crippen LogP contribution >= 0.6 is 7.14 Å². The molecule has 0 radical (unpaired) electrons. The Balaban J connectivity index is 1.77. The summed E-state index contributed by atoms with van der Waals surface area (Å²) >= 11 is 0. The van der Waals surface area contributed by atoms with Gasteiger partial charge in [0.2, 0.25) is 0 Å². The quantitative estimate of drug-likeness (QED) is 0.277. The molecule has 5 rings (SSSR count). The first-order valence-corrected chi connectivity index (χ1v) is 13.0. The molecule has 4 aromatic carbocycles. The number of methoxy groups -OCH3 is 2. The Morgan fingerprint density at radius 2 is 1.51 bits per heavy atom. The van der Waals surface area contributed by atoms with Crippen molar-refractivity contribution >= 4 is 34.3 Å². The van der Waals surface area contributed by atoms with Gasteiger partial charge in [0.15, 0.2) is 7.14 Å². The number of fused-ring (bicyclic) bond motifs is 1. The highest BCUT2D eigenvalue weighted by Crippen LogP contribution is 2.59. The summed E-state index contributed by atoms with van der Waals surface area (Å²) in [7, 11) is -0.0709. The second-order valence-electron chi connectivity index (χ2n) is 8.16. The van der Waals surface area contributed by atoms with Crippen molar-refractivity contribution in [3.05, 3.63) is 109 Å². The Labute approximate surface area is 204 Å². The van der Waals surface area contributed by atoms with Gasteiger partial charge in [0.25, 0.3) is 0 Å². The van der Waals surface area contributed by atoms with Gasteiger partial charge in [-0.25, -0.2) is 0 Å². The van der Waals surface area contributed by atoms with Crippen LogP contribution in [-0.4, -0.2) is 24.4 Å². The van der Waals surface area contributed by atoms with Gasteiger partial charge >= 0.3 is 0 Å². The standard InChI is InChI=1S/C28H26N3O3P/c1-33-22-15-16-27(34-2)25(18-22)28(30-21-14-13-20-19-29-31-26(20)17-21)35(32,23-9-5-3-6-10-23)24-11-7-4-8-12-24/h3-19,28,30H,1-2H3,(H,29,31)/t28-/m0/s1. The maximum Gasteiger partial charge on any atom is 0.168 e. The van der Waals surface area contributed by atoms with E-state index in [9.17, 15) is 0 Å². The third-order valence-electron chi connectivity index (χ3n) is 6.12. The average Bonchev–Trinajstić information content (AvgIpc) is 3.40. The molecule has 1 atom stereocenters. The summed E-state index contributed by atoms with van der Waals surface area (Å²) in [6.07, 6.45) is 1.78. The topological polar surface area (TPSA) is 76.2 Å². The van der Waals surface area contributed by atoms with Crippen molar-refractivity contribution in [2.45, 2.75) is 5.78 Å². The van der Waals surface area contributed by atoms with Crippen molar-refractivity contribution < 1.29 is 14.0 Å². The molecule has 1 aromatic heterocycles. The summed E-state index contributed by atoms with van der Waals surface area (Å²) in [4.78, 5) is 0. The number of hydrogen-bond acceptors (Lipinski definition) is 5. The molecule has 0 aliphatic heterocycles. The van der Waals surface area contributed by atoms with Gasteiger partial charge in [0.1, 0.15) is 17.3 Å². The molecule has 1 heterocycles. The summed E-state index contributed by atoms with van der Waals surface area (Å²) < 4.78 is 26.7. The van der Waals surface area contributed by atoms with Crippen LogP contribution in [0.25, 0.3) is 10.9 Å². The molecule has 6 nitrogen and oxygen atoms in total. The molecule has 0 unspecified atom stereocenters. The average molecular weight is 484 g/mol. The Morgan fingerprint density at radius 3 is 2.14 bits per heavy atom. The molecule has 35 heavy (non-hydrogen) atoms. The molecule has 0 spiro atoms. The lowest BCUT2D eigenvalue weighted by molar-refractivity contribution is 0.398. The van der Waals surface area contributed by atoms with Gasteiger partial charge in [0.05, 0.1) is 25.9 Å². The van der Waals surface area contributed by atoms with Crippen molar-refractivity contribution in [2.24, 2.45) is 0 Å². The number of rotatable bonds is 8. The number of ether oxygens (including phenoxy) is 2. The van der Waals surface area contributed by atoms with Crippen LogP contribution in [0.2, 0.25) is 0 Å². The van der Waals surface area contributed by atoms with Crippen LogP contribution in [0.3, 0.4) is 0 Å². The molecular formula is C28H26N3O3P.